The van der Waals surface area contributed by atoms with Gasteiger partial charge in [-0.05, 0) is 53.9 Å². The molecule has 140 valence electrons. The number of para-hydroxylation sites is 1. The first kappa shape index (κ1) is 20.3. The van der Waals surface area contributed by atoms with Gasteiger partial charge in [-0.2, -0.15) is 0 Å². The molecular weight excluding hydrogens is 322 g/mol. The minimum absolute atomic E-state index is 0.670. The molecule has 0 bridgehead atoms. The molecule has 0 saturated carbocycles. The fraction of sp³-hybridized carbons (Fsp3) is 0.636. The first-order chi connectivity index (χ1) is 11.8. The summed E-state index contributed by atoms with van der Waals surface area (Å²) in [6.07, 6.45) is 5.67. The molecule has 25 heavy (non-hydrogen) atoms. The Labute approximate surface area is 155 Å². The van der Waals surface area contributed by atoms with Crippen LogP contribution in [0.15, 0.2) is 24.4 Å². The van der Waals surface area contributed by atoms with Gasteiger partial charge in [0.25, 0.3) is 0 Å². The van der Waals surface area contributed by atoms with E-state index >= 15 is 0 Å². The van der Waals surface area contributed by atoms with Crippen molar-refractivity contribution >= 4 is 19.2 Å². The lowest BCUT2D eigenvalue weighted by Crippen LogP contribution is -2.47. The SMILES string of the molecule is Cc1cccc2c(CCCCO[Si](C(C)C)(C(C)C)C(C)C)c[nH]c12. The van der Waals surface area contributed by atoms with E-state index in [1.165, 1.54) is 28.5 Å². The van der Waals surface area contributed by atoms with Crippen LogP contribution in [0.4, 0.5) is 0 Å². The van der Waals surface area contributed by atoms with Crippen molar-refractivity contribution in [2.45, 2.75) is 84.4 Å². The molecule has 0 unspecified atom stereocenters. The normalized spacial score (nSPS) is 12.9. The molecule has 0 aliphatic carbocycles. The van der Waals surface area contributed by atoms with E-state index in [9.17, 15) is 0 Å². The van der Waals surface area contributed by atoms with Crippen molar-refractivity contribution < 1.29 is 4.43 Å². The molecule has 1 aromatic heterocycles. The number of rotatable bonds is 9. The van der Waals surface area contributed by atoms with E-state index in [0.717, 1.165) is 19.4 Å². The molecule has 0 spiro atoms. The summed E-state index contributed by atoms with van der Waals surface area (Å²) < 4.78 is 6.67. The summed E-state index contributed by atoms with van der Waals surface area (Å²) in [5.74, 6) is 0. The lowest BCUT2D eigenvalue weighted by Gasteiger charge is -2.42. The van der Waals surface area contributed by atoms with Crippen LogP contribution in [0.1, 0.15) is 65.5 Å². The van der Waals surface area contributed by atoms with Crippen molar-refractivity contribution in [2.75, 3.05) is 6.61 Å². The van der Waals surface area contributed by atoms with Crippen molar-refractivity contribution in [2.24, 2.45) is 0 Å². The van der Waals surface area contributed by atoms with Crippen molar-refractivity contribution in [3.8, 4) is 0 Å². The van der Waals surface area contributed by atoms with Crippen molar-refractivity contribution in [3.05, 3.63) is 35.5 Å². The minimum atomic E-state index is -1.70. The van der Waals surface area contributed by atoms with Crippen LogP contribution < -0.4 is 0 Å². The zero-order valence-corrected chi connectivity index (χ0v) is 18.3. The fourth-order valence-corrected chi connectivity index (χ4v) is 10.2. The first-order valence-electron chi connectivity index (χ1n) is 10.00. The predicted molar refractivity (Wildman–Crippen MR) is 113 cm³/mol. The summed E-state index contributed by atoms with van der Waals surface area (Å²) in [7, 11) is -1.70. The highest BCUT2D eigenvalue weighted by atomic mass is 28.4. The van der Waals surface area contributed by atoms with Crippen LogP contribution in [0.2, 0.25) is 16.6 Å². The molecule has 1 aromatic carbocycles. The van der Waals surface area contributed by atoms with Crippen LogP contribution in [0.3, 0.4) is 0 Å². The van der Waals surface area contributed by atoms with E-state index in [1.807, 2.05) is 0 Å². The Kier molecular flexibility index (Phi) is 6.92. The standard InChI is InChI=1S/C22H37NOSi/c1-16(2)25(17(3)4,18(5)6)24-14-9-8-12-20-15-23-22-19(7)11-10-13-21(20)22/h10-11,13,15-18,23H,8-9,12,14H2,1-7H3. The van der Waals surface area contributed by atoms with E-state index in [2.05, 4.69) is 77.8 Å². The number of hydrogen-bond acceptors (Lipinski definition) is 1. The molecule has 0 fully saturated rings. The average molecular weight is 360 g/mol. The van der Waals surface area contributed by atoms with E-state index in [0.29, 0.717) is 16.6 Å². The van der Waals surface area contributed by atoms with E-state index in [4.69, 9.17) is 4.43 Å². The molecule has 2 aromatic rings. The van der Waals surface area contributed by atoms with Gasteiger partial charge in [-0.1, -0.05) is 59.7 Å². The van der Waals surface area contributed by atoms with Gasteiger partial charge in [0.05, 0.1) is 0 Å². The Morgan fingerprint density at radius 1 is 0.960 bits per heavy atom. The molecule has 0 atom stereocenters. The Balaban J connectivity index is 1.91. The molecule has 1 heterocycles. The van der Waals surface area contributed by atoms with Crippen LogP contribution in [-0.4, -0.2) is 19.9 Å². The van der Waals surface area contributed by atoms with Gasteiger partial charge < -0.3 is 9.41 Å². The predicted octanol–water partition coefficient (Wildman–Crippen LogP) is 6.99. The highest BCUT2D eigenvalue weighted by molar-refractivity contribution is 6.77. The highest BCUT2D eigenvalue weighted by Crippen LogP contribution is 2.42. The third-order valence-electron chi connectivity index (χ3n) is 5.91. The number of aromatic nitrogens is 1. The molecule has 2 rings (SSSR count). The maximum atomic E-state index is 6.67. The zero-order chi connectivity index (χ0) is 18.6. The molecule has 0 amide bonds. The van der Waals surface area contributed by atoms with Crippen LogP contribution in [0, 0.1) is 6.92 Å². The second-order valence-electron chi connectivity index (χ2n) is 8.43. The molecule has 0 aliphatic heterocycles. The number of benzene rings is 1. The van der Waals surface area contributed by atoms with E-state index in [-0.39, 0.29) is 0 Å². The molecule has 0 aliphatic rings. The first-order valence-corrected chi connectivity index (χ1v) is 12.1. The van der Waals surface area contributed by atoms with Crippen LogP contribution in [0.5, 0.6) is 0 Å². The third-order valence-corrected chi connectivity index (χ3v) is 12.0. The molecule has 0 saturated heterocycles. The minimum Gasteiger partial charge on any atom is -0.416 e. The molecule has 1 N–H and O–H groups in total. The molecular formula is C22H37NOSi. The van der Waals surface area contributed by atoms with Crippen LogP contribution in [-0.2, 0) is 10.8 Å². The van der Waals surface area contributed by atoms with Gasteiger partial charge in [0.1, 0.15) is 0 Å². The second kappa shape index (κ2) is 8.55. The lowest BCUT2D eigenvalue weighted by atomic mass is 10.1. The van der Waals surface area contributed by atoms with Crippen molar-refractivity contribution in [3.63, 3.8) is 0 Å². The van der Waals surface area contributed by atoms with Gasteiger partial charge in [-0.15, -0.1) is 0 Å². The smallest absolute Gasteiger partial charge is 0.200 e. The second-order valence-corrected chi connectivity index (χ2v) is 13.9. The van der Waals surface area contributed by atoms with Gasteiger partial charge in [-0.25, -0.2) is 0 Å². The van der Waals surface area contributed by atoms with Crippen LogP contribution in [0.25, 0.3) is 10.9 Å². The molecule has 0 radical (unpaired) electrons. The summed E-state index contributed by atoms with van der Waals surface area (Å²) in [5.41, 5.74) is 6.07. The van der Waals surface area contributed by atoms with Crippen molar-refractivity contribution in [1.29, 1.82) is 0 Å². The van der Waals surface area contributed by atoms with Gasteiger partial charge in [-0.3, -0.25) is 0 Å². The number of nitrogens with one attached hydrogen (secondary N) is 1. The van der Waals surface area contributed by atoms with E-state index in [1.54, 1.807) is 0 Å². The number of hydrogen-bond donors (Lipinski definition) is 1. The fourth-order valence-electron chi connectivity index (χ4n) is 4.74. The topological polar surface area (TPSA) is 25.0 Å². The third kappa shape index (κ3) is 4.20. The molecule has 3 heteroatoms. The number of fused-ring (bicyclic) bond motifs is 1. The Morgan fingerprint density at radius 3 is 2.20 bits per heavy atom. The maximum absolute atomic E-state index is 6.67. The lowest BCUT2D eigenvalue weighted by molar-refractivity contribution is 0.269. The summed E-state index contributed by atoms with van der Waals surface area (Å²) in [6, 6.07) is 6.56. The Hall–Kier alpha value is -1.06. The van der Waals surface area contributed by atoms with Gasteiger partial charge in [0, 0.05) is 23.7 Å². The monoisotopic (exact) mass is 359 g/mol. The summed E-state index contributed by atoms with van der Waals surface area (Å²) >= 11 is 0. The Bertz CT molecular complexity index is 650. The largest absolute Gasteiger partial charge is 0.416 e. The van der Waals surface area contributed by atoms with Gasteiger partial charge in [0.15, 0.2) is 8.32 Å². The number of aryl methyl sites for hydroxylation is 2. The average Bonchev–Trinajstić information content (AvgIpc) is 2.94. The van der Waals surface area contributed by atoms with Crippen molar-refractivity contribution in [1.82, 2.24) is 4.98 Å². The summed E-state index contributed by atoms with van der Waals surface area (Å²) in [6.45, 7) is 17.3. The highest BCUT2D eigenvalue weighted by Gasteiger charge is 2.44. The summed E-state index contributed by atoms with van der Waals surface area (Å²) in [4.78, 5) is 3.44. The maximum Gasteiger partial charge on any atom is 0.200 e. The zero-order valence-electron chi connectivity index (χ0n) is 17.3. The van der Waals surface area contributed by atoms with E-state index < -0.39 is 8.32 Å². The number of H-pyrrole nitrogens is 1. The van der Waals surface area contributed by atoms with Gasteiger partial charge in [0.2, 0.25) is 0 Å². The molecule has 2 nitrogen and oxygen atoms in total. The number of unbranched alkanes of at least 4 members (excludes halogenated alkanes) is 1. The summed E-state index contributed by atoms with van der Waals surface area (Å²) in [5, 5.41) is 1.39. The van der Waals surface area contributed by atoms with Crippen LogP contribution >= 0.6 is 0 Å². The Morgan fingerprint density at radius 2 is 1.60 bits per heavy atom. The van der Waals surface area contributed by atoms with Gasteiger partial charge >= 0.3 is 0 Å². The quantitative estimate of drug-likeness (QED) is 0.379. The number of aromatic amines is 1.